The van der Waals surface area contributed by atoms with E-state index >= 15 is 0 Å². The van der Waals surface area contributed by atoms with Gasteiger partial charge in [0.1, 0.15) is 11.5 Å². The Bertz CT molecular complexity index is 775. The van der Waals surface area contributed by atoms with Crippen LogP contribution in [-0.2, 0) is 17.9 Å². The number of piperidine rings is 1. The SMILES string of the molecule is O=C(O)[C@@H]1CCCN(CCCN2Cc3ccccc3Oc3ccccc3C2)C1. The molecule has 148 valence electrons. The third kappa shape index (κ3) is 4.54. The summed E-state index contributed by atoms with van der Waals surface area (Å²) in [6.45, 7) is 5.37. The molecule has 1 N–H and O–H groups in total. The van der Waals surface area contributed by atoms with Crippen LogP contribution in [0.25, 0.3) is 0 Å². The zero-order chi connectivity index (χ0) is 19.3. The number of rotatable bonds is 5. The van der Waals surface area contributed by atoms with E-state index in [-0.39, 0.29) is 5.92 Å². The molecule has 2 aromatic rings. The second-order valence-corrected chi connectivity index (χ2v) is 7.86. The highest BCUT2D eigenvalue weighted by Crippen LogP contribution is 2.32. The topological polar surface area (TPSA) is 53.0 Å². The maximum absolute atomic E-state index is 11.3. The van der Waals surface area contributed by atoms with Gasteiger partial charge in [-0.2, -0.15) is 0 Å². The Balaban J connectivity index is 1.41. The molecule has 5 heteroatoms. The highest BCUT2D eigenvalue weighted by molar-refractivity contribution is 5.70. The molecular formula is C23H28N2O3. The van der Waals surface area contributed by atoms with Crippen molar-refractivity contribution in [2.75, 3.05) is 26.2 Å². The molecule has 0 bridgehead atoms. The van der Waals surface area contributed by atoms with Crippen LogP contribution < -0.4 is 4.74 Å². The Hall–Kier alpha value is -2.37. The number of fused-ring (bicyclic) bond motifs is 2. The summed E-state index contributed by atoms with van der Waals surface area (Å²) in [4.78, 5) is 16.1. The fraction of sp³-hybridized carbons (Fsp3) is 0.435. The number of aliphatic carboxylic acids is 1. The van der Waals surface area contributed by atoms with E-state index in [0.29, 0.717) is 6.54 Å². The largest absolute Gasteiger partial charge is 0.481 e. The summed E-state index contributed by atoms with van der Waals surface area (Å²) < 4.78 is 6.17. The van der Waals surface area contributed by atoms with E-state index in [4.69, 9.17) is 4.74 Å². The zero-order valence-corrected chi connectivity index (χ0v) is 16.2. The summed E-state index contributed by atoms with van der Waals surface area (Å²) in [5.74, 6) is 1.01. The minimum Gasteiger partial charge on any atom is -0.481 e. The highest BCUT2D eigenvalue weighted by atomic mass is 16.5. The maximum Gasteiger partial charge on any atom is 0.307 e. The average molecular weight is 380 g/mol. The molecule has 5 nitrogen and oxygen atoms in total. The molecule has 0 amide bonds. The van der Waals surface area contributed by atoms with Gasteiger partial charge in [-0.05, 0) is 44.5 Å². The fourth-order valence-corrected chi connectivity index (χ4v) is 4.26. The Morgan fingerprint density at radius 3 is 2.21 bits per heavy atom. The Kier molecular flexibility index (Phi) is 5.93. The molecule has 0 aromatic heterocycles. The first-order valence-corrected chi connectivity index (χ1v) is 10.2. The van der Waals surface area contributed by atoms with Crippen molar-refractivity contribution < 1.29 is 14.6 Å². The van der Waals surface area contributed by atoms with Crippen molar-refractivity contribution in [2.45, 2.75) is 32.4 Å². The molecule has 0 unspecified atom stereocenters. The number of nitrogens with zero attached hydrogens (tertiary/aromatic N) is 2. The number of hydrogen-bond acceptors (Lipinski definition) is 4. The van der Waals surface area contributed by atoms with Gasteiger partial charge in [0.05, 0.1) is 5.92 Å². The highest BCUT2D eigenvalue weighted by Gasteiger charge is 2.25. The number of ether oxygens (including phenoxy) is 1. The lowest BCUT2D eigenvalue weighted by molar-refractivity contribution is -0.143. The third-order valence-electron chi connectivity index (χ3n) is 5.76. The van der Waals surface area contributed by atoms with Gasteiger partial charge in [-0.15, -0.1) is 0 Å². The number of likely N-dealkylation sites (tertiary alicyclic amines) is 1. The van der Waals surface area contributed by atoms with Crippen LogP contribution in [0.15, 0.2) is 48.5 Å². The van der Waals surface area contributed by atoms with E-state index in [1.807, 2.05) is 24.3 Å². The van der Waals surface area contributed by atoms with Gasteiger partial charge in [0.2, 0.25) is 0 Å². The van der Waals surface area contributed by atoms with Crippen LogP contribution in [0.5, 0.6) is 11.5 Å². The quantitative estimate of drug-likeness (QED) is 0.850. The molecule has 28 heavy (non-hydrogen) atoms. The molecule has 0 spiro atoms. The van der Waals surface area contributed by atoms with Gasteiger partial charge in [-0.3, -0.25) is 9.69 Å². The molecule has 2 aliphatic heterocycles. The van der Waals surface area contributed by atoms with Crippen LogP contribution in [-0.4, -0.2) is 47.1 Å². The lowest BCUT2D eigenvalue weighted by atomic mass is 9.98. The van der Waals surface area contributed by atoms with Gasteiger partial charge < -0.3 is 14.7 Å². The number of hydrogen-bond donors (Lipinski definition) is 1. The molecular weight excluding hydrogens is 352 g/mol. The van der Waals surface area contributed by atoms with Crippen LogP contribution in [0.2, 0.25) is 0 Å². The van der Waals surface area contributed by atoms with Crippen LogP contribution in [0.4, 0.5) is 0 Å². The predicted molar refractivity (Wildman–Crippen MR) is 108 cm³/mol. The van der Waals surface area contributed by atoms with Crippen LogP contribution in [0.3, 0.4) is 0 Å². The van der Waals surface area contributed by atoms with E-state index in [1.165, 1.54) is 11.1 Å². The lowest BCUT2D eigenvalue weighted by Gasteiger charge is -2.32. The monoisotopic (exact) mass is 380 g/mol. The molecule has 0 saturated carbocycles. The van der Waals surface area contributed by atoms with Crippen LogP contribution in [0, 0.1) is 5.92 Å². The molecule has 1 atom stereocenters. The van der Waals surface area contributed by atoms with Crippen molar-refractivity contribution in [1.29, 1.82) is 0 Å². The lowest BCUT2D eigenvalue weighted by Crippen LogP contribution is -2.40. The Morgan fingerprint density at radius 2 is 1.57 bits per heavy atom. The molecule has 1 saturated heterocycles. The summed E-state index contributed by atoms with van der Waals surface area (Å²) in [7, 11) is 0. The smallest absolute Gasteiger partial charge is 0.307 e. The van der Waals surface area contributed by atoms with Gasteiger partial charge >= 0.3 is 5.97 Å². The number of benzene rings is 2. The molecule has 0 aliphatic carbocycles. The molecule has 2 heterocycles. The minimum absolute atomic E-state index is 0.202. The first kappa shape index (κ1) is 19.0. The van der Waals surface area contributed by atoms with Crippen molar-refractivity contribution in [3.05, 3.63) is 59.7 Å². The van der Waals surface area contributed by atoms with Crippen LogP contribution in [0.1, 0.15) is 30.4 Å². The van der Waals surface area contributed by atoms with Gasteiger partial charge in [0.25, 0.3) is 0 Å². The number of carboxylic acids is 1. The molecule has 0 radical (unpaired) electrons. The van der Waals surface area contributed by atoms with Gasteiger partial charge in [0.15, 0.2) is 0 Å². The minimum atomic E-state index is -0.651. The second-order valence-electron chi connectivity index (χ2n) is 7.86. The van der Waals surface area contributed by atoms with E-state index < -0.39 is 5.97 Å². The van der Waals surface area contributed by atoms with Crippen molar-refractivity contribution in [3.8, 4) is 11.5 Å². The standard InChI is InChI=1S/C23H28N2O3/c26-23(27)20-9-5-12-24(17-20)13-6-14-25-15-18-7-1-3-10-21(18)28-22-11-4-2-8-19(22)16-25/h1-4,7-8,10-11,20H,5-6,9,12-17H2,(H,26,27)/t20-/m1/s1. The van der Waals surface area contributed by atoms with Crippen molar-refractivity contribution in [3.63, 3.8) is 0 Å². The second kappa shape index (κ2) is 8.76. The normalized spacial score (nSPS) is 20.4. The molecule has 4 rings (SSSR count). The summed E-state index contributed by atoms with van der Waals surface area (Å²) in [6, 6.07) is 16.5. The first-order valence-electron chi connectivity index (χ1n) is 10.2. The van der Waals surface area contributed by atoms with Crippen molar-refractivity contribution in [2.24, 2.45) is 5.92 Å². The van der Waals surface area contributed by atoms with E-state index in [9.17, 15) is 9.90 Å². The van der Waals surface area contributed by atoms with Crippen molar-refractivity contribution in [1.82, 2.24) is 9.80 Å². The first-order chi connectivity index (χ1) is 13.7. The van der Waals surface area contributed by atoms with E-state index in [2.05, 4.69) is 34.1 Å². The molecule has 2 aromatic carbocycles. The van der Waals surface area contributed by atoms with Gasteiger partial charge in [-0.25, -0.2) is 0 Å². The summed E-state index contributed by atoms with van der Waals surface area (Å²) >= 11 is 0. The Labute approximate surface area is 166 Å². The number of para-hydroxylation sites is 2. The zero-order valence-electron chi connectivity index (χ0n) is 16.2. The number of carboxylic acid groups (broad SMARTS) is 1. The fourth-order valence-electron chi connectivity index (χ4n) is 4.26. The molecule has 2 aliphatic rings. The number of carbonyl (C=O) groups is 1. The summed E-state index contributed by atoms with van der Waals surface area (Å²) in [5, 5.41) is 9.28. The van der Waals surface area contributed by atoms with Gasteiger partial charge in [-0.1, -0.05) is 36.4 Å². The predicted octanol–water partition coefficient (Wildman–Crippen LogP) is 3.98. The maximum atomic E-state index is 11.3. The third-order valence-corrected chi connectivity index (χ3v) is 5.76. The molecule has 1 fully saturated rings. The van der Waals surface area contributed by atoms with E-state index in [0.717, 1.165) is 63.5 Å². The van der Waals surface area contributed by atoms with Gasteiger partial charge in [0, 0.05) is 37.3 Å². The summed E-state index contributed by atoms with van der Waals surface area (Å²) in [6.07, 6.45) is 2.84. The Morgan fingerprint density at radius 1 is 0.964 bits per heavy atom. The van der Waals surface area contributed by atoms with Crippen LogP contribution >= 0.6 is 0 Å². The summed E-state index contributed by atoms with van der Waals surface area (Å²) in [5.41, 5.74) is 2.42. The van der Waals surface area contributed by atoms with Crippen molar-refractivity contribution >= 4 is 5.97 Å². The van der Waals surface area contributed by atoms with E-state index in [1.54, 1.807) is 0 Å². The average Bonchev–Trinajstić information content (AvgIpc) is 2.69.